The highest BCUT2D eigenvalue weighted by Gasteiger charge is 2.42. The fourth-order valence-electron chi connectivity index (χ4n) is 3.91. The maximum atomic E-state index is 13.5. The zero-order valence-electron chi connectivity index (χ0n) is 19.5. The van der Waals surface area contributed by atoms with Gasteiger partial charge in [-0.15, -0.1) is 0 Å². The summed E-state index contributed by atoms with van der Waals surface area (Å²) in [4.78, 5) is 38.9. The summed E-state index contributed by atoms with van der Waals surface area (Å²) in [5, 5.41) is 8.87. The number of amides is 2. The first kappa shape index (κ1) is 26.6. The van der Waals surface area contributed by atoms with Crippen LogP contribution in [-0.2, 0) is 25.5 Å². The minimum Gasteiger partial charge on any atom is -0.464 e. The molecule has 1 aliphatic rings. The molecule has 0 saturated carbocycles. The second-order valence-corrected chi connectivity index (χ2v) is 9.15. The Balaban J connectivity index is 1.75. The van der Waals surface area contributed by atoms with Crippen LogP contribution in [0.5, 0.6) is 0 Å². The predicted octanol–water partition coefficient (Wildman–Crippen LogP) is 3.13. The van der Waals surface area contributed by atoms with Crippen molar-refractivity contribution in [3.63, 3.8) is 0 Å². The van der Waals surface area contributed by atoms with Gasteiger partial charge in [0.25, 0.3) is 0 Å². The summed E-state index contributed by atoms with van der Waals surface area (Å²) in [6.45, 7) is 2.96. The summed E-state index contributed by atoms with van der Waals surface area (Å²) in [7, 11) is 0. The van der Waals surface area contributed by atoms with E-state index in [0.29, 0.717) is 31.5 Å². The van der Waals surface area contributed by atoms with Crippen molar-refractivity contribution in [2.75, 3.05) is 19.7 Å². The van der Waals surface area contributed by atoms with Gasteiger partial charge >= 0.3 is 5.97 Å². The lowest BCUT2D eigenvalue weighted by atomic mass is 9.86. The molecule has 2 aromatic carbocycles. The van der Waals surface area contributed by atoms with E-state index in [2.05, 4.69) is 31.9 Å². The van der Waals surface area contributed by atoms with Crippen LogP contribution in [0.3, 0.4) is 0 Å². The van der Waals surface area contributed by atoms with Gasteiger partial charge < -0.3 is 20.7 Å². The molecule has 3 rings (SSSR count). The van der Waals surface area contributed by atoms with Gasteiger partial charge in [-0.05, 0) is 78.1 Å². The van der Waals surface area contributed by atoms with Crippen molar-refractivity contribution in [3.05, 3.63) is 76.0 Å². The normalized spacial score (nSPS) is 15.9. The highest BCUT2D eigenvalue weighted by Crippen LogP contribution is 2.21. The number of halogens is 2. The minimum atomic E-state index is -1.18. The van der Waals surface area contributed by atoms with Crippen molar-refractivity contribution < 1.29 is 23.5 Å². The summed E-state index contributed by atoms with van der Waals surface area (Å²) in [6.07, 6.45) is 3.85. The van der Waals surface area contributed by atoms with Gasteiger partial charge in [0, 0.05) is 12.5 Å². The van der Waals surface area contributed by atoms with Crippen LogP contribution >= 0.6 is 15.9 Å². The van der Waals surface area contributed by atoms with Crippen LogP contribution in [0.2, 0.25) is 0 Å². The van der Waals surface area contributed by atoms with Crippen LogP contribution in [0.25, 0.3) is 6.08 Å². The molecule has 0 bridgehead atoms. The largest absolute Gasteiger partial charge is 0.464 e. The van der Waals surface area contributed by atoms with Crippen LogP contribution in [-0.4, -0.2) is 49.1 Å². The molecule has 7 nitrogen and oxygen atoms in total. The molecule has 186 valence electrons. The molecule has 0 radical (unpaired) electrons. The third kappa shape index (κ3) is 7.47. The molecule has 0 aromatic heterocycles. The summed E-state index contributed by atoms with van der Waals surface area (Å²) >= 11 is 3.12. The van der Waals surface area contributed by atoms with Crippen molar-refractivity contribution in [1.82, 2.24) is 16.0 Å². The maximum Gasteiger partial charge on any atom is 0.328 e. The number of rotatable bonds is 9. The second kappa shape index (κ2) is 12.6. The lowest BCUT2D eigenvalue weighted by Gasteiger charge is -2.37. The van der Waals surface area contributed by atoms with Crippen LogP contribution < -0.4 is 16.0 Å². The van der Waals surface area contributed by atoms with Crippen molar-refractivity contribution in [2.24, 2.45) is 0 Å². The molecule has 1 aliphatic heterocycles. The molecular weight excluding hydrogens is 517 g/mol. The van der Waals surface area contributed by atoms with Gasteiger partial charge in [0.1, 0.15) is 17.4 Å². The smallest absolute Gasteiger partial charge is 0.328 e. The molecule has 1 unspecified atom stereocenters. The third-order valence-corrected chi connectivity index (χ3v) is 6.39. The Morgan fingerprint density at radius 3 is 2.54 bits per heavy atom. The third-order valence-electron chi connectivity index (χ3n) is 5.78. The van der Waals surface area contributed by atoms with Gasteiger partial charge in [-0.3, -0.25) is 9.59 Å². The zero-order valence-corrected chi connectivity index (χ0v) is 21.1. The van der Waals surface area contributed by atoms with Crippen molar-refractivity contribution in [1.29, 1.82) is 0 Å². The van der Waals surface area contributed by atoms with Gasteiger partial charge in [0.05, 0.1) is 11.1 Å². The van der Waals surface area contributed by atoms with Crippen LogP contribution in [0.4, 0.5) is 4.39 Å². The number of hydrogen-bond donors (Lipinski definition) is 3. The van der Waals surface area contributed by atoms with Gasteiger partial charge in [-0.25, -0.2) is 9.18 Å². The van der Waals surface area contributed by atoms with E-state index in [1.54, 1.807) is 25.1 Å². The minimum absolute atomic E-state index is 0.191. The van der Waals surface area contributed by atoms with Crippen molar-refractivity contribution in [2.45, 2.75) is 37.8 Å². The van der Waals surface area contributed by atoms with Gasteiger partial charge in [0.15, 0.2) is 0 Å². The van der Waals surface area contributed by atoms with E-state index >= 15 is 0 Å². The molecule has 1 fully saturated rings. The molecule has 1 heterocycles. The van der Waals surface area contributed by atoms with E-state index in [-0.39, 0.29) is 17.5 Å². The Hall–Kier alpha value is -3.04. The van der Waals surface area contributed by atoms with E-state index < -0.39 is 35.2 Å². The molecule has 1 atom stereocenters. The first-order chi connectivity index (χ1) is 16.8. The molecule has 0 aliphatic carbocycles. The number of carbonyl (C=O) groups excluding carboxylic acids is 3. The standard InChI is InChI=1S/C26H29BrFN3O4/c1-2-35-24(33)22(17-18-6-4-3-5-7-18)30-25(34)26(12-14-29-15-13-26)31-23(32)11-9-19-8-10-21(28)20(27)16-19/h3-11,16,22,29H,2,12-15,17H2,1H3,(H,30,34)(H,31,32). The zero-order chi connectivity index (χ0) is 25.3. The number of benzene rings is 2. The SMILES string of the molecule is CCOC(=O)C(Cc1ccccc1)NC(=O)C1(NC(=O)C=Cc2ccc(F)c(Br)c2)CCNCC1. The van der Waals surface area contributed by atoms with Crippen LogP contribution in [0.1, 0.15) is 30.9 Å². The Morgan fingerprint density at radius 1 is 1.17 bits per heavy atom. The Kier molecular flexibility index (Phi) is 9.56. The van der Waals surface area contributed by atoms with Crippen molar-refractivity contribution in [3.8, 4) is 0 Å². The summed E-state index contributed by atoms with van der Waals surface area (Å²) in [5.74, 6) is -1.82. The predicted molar refractivity (Wildman–Crippen MR) is 135 cm³/mol. The fourth-order valence-corrected chi connectivity index (χ4v) is 4.31. The second-order valence-electron chi connectivity index (χ2n) is 8.30. The highest BCUT2D eigenvalue weighted by molar-refractivity contribution is 9.10. The quantitative estimate of drug-likeness (QED) is 0.332. The fraction of sp³-hybridized carbons (Fsp3) is 0.346. The first-order valence-electron chi connectivity index (χ1n) is 11.5. The molecule has 35 heavy (non-hydrogen) atoms. The maximum absolute atomic E-state index is 13.5. The summed E-state index contributed by atoms with van der Waals surface area (Å²) in [5.41, 5.74) is 0.322. The molecule has 9 heteroatoms. The van der Waals surface area contributed by atoms with E-state index in [4.69, 9.17) is 4.74 Å². The monoisotopic (exact) mass is 545 g/mol. The van der Waals surface area contributed by atoms with Crippen molar-refractivity contribution >= 4 is 39.8 Å². The number of carbonyl (C=O) groups is 3. The Labute approximate surface area is 212 Å². The number of ether oxygens (including phenoxy) is 1. The average Bonchev–Trinajstić information content (AvgIpc) is 2.85. The number of esters is 1. The Morgan fingerprint density at radius 2 is 1.89 bits per heavy atom. The van der Waals surface area contributed by atoms with Gasteiger partial charge in [0.2, 0.25) is 11.8 Å². The van der Waals surface area contributed by atoms with Gasteiger partial charge in [-0.2, -0.15) is 0 Å². The average molecular weight is 546 g/mol. The molecule has 1 saturated heterocycles. The van der Waals surface area contributed by atoms with Crippen LogP contribution in [0.15, 0.2) is 59.1 Å². The van der Waals surface area contributed by atoms with E-state index in [0.717, 1.165) is 5.56 Å². The lowest BCUT2D eigenvalue weighted by Crippen LogP contribution is -2.64. The lowest BCUT2D eigenvalue weighted by molar-refractivity contribution is -0.148. The first-order valence-corrected chi connectivity index (χ1v) is 12.3. The molecule has 2 aromatic rings. The van der Waals surface area contributed by atoms with Gasteiger partial charge in [-0.1, -0.05) is 36.4 Å². The molecule has 2 amide bonds. The molecule has 3 N–H and O–H groups in total. The summed E-state index contributed by atoms with van der Waals surface area (Å²) in [6, 6.07) is 12.9. The topological polar surface area (TPSA) is 96.5 Å². The molecule has 0 spiro atoms. The Bertz CT molecular complexity index is 1070. The number of hydrogen-bond acceptors (Lipinski definition) is 5. The molecular formula is C26H29BrFN3O4. The van der Waals surface area contributed by atoms with E-state index in [1.807, 2.05) is 30.3 Å². The van der Waals surface area contributed by atoms with Crippen LogP contribution in [0, 0.1) is 5.82 Å². The van der Waals surface area contributed by atoms with E-state index in [1.165, 1.54) is 12.1 Å². The number of piperidine rings is 1. The highest BCUT2D eigenvalue weighted by atomic mass is 79.9. The van der Waals surface area contributed by atoms with E-state index in [9.17, 15) is 18.8 Å². The summed E-state index contributed by atoms with van der Waals surface area (Å²) < 4.78 is 18.9. The number of nitrogens with one attached hydrogen (secondary N) is 3.